The molecule has 0 aliphatic carbocycles. The third-order valence-corrected chi connectivity index (χ3v) is 2.58. The van der Waals surface area contributed by atoms with Gasteiger partial charge in [-0.25, -0.2) is 0 Å². The van der Waals surface area contributed by atoms with Gasteiger partial charge in [0.25, 0.3) is 0 Å². The second kappa shape index (κ2) is 7.09. The molecule has 7 heteroatoms. The number of rotatable bonds is 6. The number of nitrogens with zero attached hydrogens (tertiary/aromatic N) is 3. The Hall–Kier alpha value is -2.62. The summed E-state index contributed by atoms with van der Waals surface area (Å²) in [7, 11) is 3.32. The summed E-state index contributed by atoms with van der Waals surface area (Å²) in [5.41, 5.74) is -0.0465. The van der Waals surface area contributed by atoms with Crippen molar-refractivity contribution in [2.45, 2.75) is 12.8 Å². The first kappa shape index (κ1) is 15.4. The molecule has 0 atom stereocenters. The zero-order valence-corrected chi connectivity index (χ0v) is 11.3. The van der Waals surface area contributed by atoms with Crippen molar-refractivity contribution in [3.05, 3.63) is 33.9 Å². The summed E-state index contributed by atoms with van der Waals surface area (Å²) in [4.78, 5) is 23.1. The fourth-order valence-corrected chi connectivity index (χ4v) is 1.48. The monoisotopic (exact) mass is 277 g/mol. The predicted octanol–water partition coefficient (Wildman–Crippen LogP) is 1.71. The van der Waals surface area contributed by atoms with Gasteiger partial charge in [-0.1, -0.05) is 0 Å². The van der Waals surface area contributed by atoms with Crippen LogP contribution in [-0.4, -0.2) is 36.4 Å². The second-order valence-corrected chi connectivity index (χ2v) is 4.29. The van der Waals surface area contributed by atoms with Crippen molar-refractivity contribution in [1.29, 1.82) is 5.26 Å². The van der Waals surface area contributed by atoms with Crippen LogP contribution in [0.15, 0.2) is 18.2 Å². The minimum atomic E-state index is -0.596. The first-order valence-electron chi connectivity index (χ1n) is 5.97. The van der Waals surface area contributed by atoms with Gasteiger partial charge in [0.1, 0.15) is 0 Å². The van der Waals surface area contributed by atoms with E-state index in [1.807, 2.05) is 6.07 Å². The Bertz CT molecular complexity index is 549. The van der Waals surface area contributed by atoms with Gasteiger partial charge in [0, 0.05) is 26.6 Å². The molecule has 0 bridgehead atoms. The van der Waals surface area contributed by atoms with Crippen LogP contribution in [0.25, 0.3) is 0 Å². The van der Waals surface area contributed by atoms with Gasteiger partial charge in [0.15, 0.2) is 5.75 Å². The van der Waals surface area contributed by atoms with Gasteiger partial charge in [0.05, 0.1) is 23.2 Å². The number of benzene rings is 1. The number of nitro benzene ring substituents is 1. The quantitative estimate of drug-likeness (QED) is 0.448. The maximum Gasteiger partial charge on any atom is 0.312 e. The molecule has 20 heavy (non-hydrogen) atoms. The average Bonchev–Trinajstić information content (AvgIpc) is 2.42. The molecule has 0 unspecified atom stereocenters. The van der Waals surface area contributed by atoms with Crippen LogP contribution in [0.3, 0.4) is 0 Å². The minimum absolute atomic E-state index is 0.0251. The fraction of sp³-hybridized carbons (Fsp3) is 0.385. The highest BCUT2D eigenvalue weighted by Gasteiger charge is 2.16. The highest BCUT2D eigenvalue weighted by Crippen LogP contribution is 2.27. The normalized spacial score (nSPS) is 9.65. The molecule has 0 aliphatic rings. The molecule has 0 saturated heterocycles. The maximum atomic E-state index is 11.3. The zero-order valence-electron chi connectivity index (χ0n) is 11.3. The molecule has 7 nitrogen and oxygen atoms in total. The third kappa shape index (κ3) is 4.24. The molecule has 0 aromatic heterocycles. The molecular formula is C13H15N3O4. The van der Waals surface area contributed by atoms with Crippen LogP contribution in [0.1, 0.15) is 18.4 Å². The SMILES string of the molecule is CN(C)C(=O)CCCOc1ccc(C#N)cc1[N+](=O)[O-]. The summed E-state index contributed by atoms with van der Waals surface area (Å²) in [6, 6.07) is 5.85. The van der Waals surface area contributed by atoms with Gasteiger partial charge in [0.2, 0.25) is 5.91 Å². The molecule has 1 rings (SSSR count). The first-order valence-corrected chi connectivity index (χ1v) is 5.97. The summed E-state index contributed by atoms with van der Waals surface area (Å²) in [6.07, 6.45) is 0.783. The van der Waals surface area contributed by atoms with Crippen molar-refractivity contribution < 1.29 is 14.5 Å². The Morgan fingerprint density at radius 1 is 1.50 bits per heavy atom. The Balaban J connectivity index is 2.62. The van der Waals surface area contributed by atoms with Gasteiger partial charge >= 0.3 is 5.69 Å². The van der Waals surface area contributed by atoms with Crippen LogP contribution in [0, 0.1) is 21.4 Å². The Morgan fingerprint density at radius 2 is 2.20 bits per heavy atom. The molecule has 106 valence electrons. The van der Waals surface area contributed by atoms with Crippen LogP contribution in [0.4, 0.5) is 5.69 Å². The number of hydrogen-bond acceptors (Lipinski definition) is 5. The van der Waals surface area contributed by atoms with Gasteiger partial charge in [-0.3, -0.25) is 14.9 Å². The van der Waals surface area contributed by atoms with E-state index in [0.29, 0.717) is 12.8 Å². The smallest absolute Gasteiger partial charge is 0.312 e. The predicted molar refractivity (Wildman–Crippen MR) is 71.2 cm³/mol. The Morgan fingerprint density at radius 3 is 2.75 bits per heavy atom. The van der Waals surface area contributed by atoms with Gasteiger partial charge in [-0.05, 0) is 18.6 Å². The van der Waals surface area contributed by atoms with Crippen LogP contribution in [-0.2, 0) is 4.79 Å². The molecule has 1 amide bonds. The fourth-order valence-electron chi connectivity index (χ4n) is 1.48. The molecule has 1 aromatic carbocycles. The van der Waals surface area contributed by atoms with Crippen molar-refractivity contribution in [3.63, 3.8) is 0 Å². The average molecular weight is 277 g/mol. The Labute approximate surface area is 116 Å². The number of hydrogen-bond donors (Lipinski definition) is 0. The second-order valence-electron chi connectivity index (χ2n) is 4.29. The lowest BCUT2D eigenvalue weighted by Crippen LogP contribution is -2.21. The zero-order chi connectivity index (χ0) is 15.1. The first-order chi connectivity index (χ1) is 9.45. The van der Waals surface area contributed by atoms with E-state index < -0.39 is 4.92 Å². The topological polar surface area (TPSA) is 96.5 Å². The van der Waals surface area contributed by atoms with E-state index in [1.54, 1.807) is 14.1 Å². The van der Waals surface area contributed by atoms with E-state index in [2.05, 4.69) is 0 Å². The van der Waals surface area contributed by atoms with E-state index >= 15 is 0 Å². The minimum Gasteiger partial charge on any atom is -0.487 e. The van der Waals surface area contributed by atoms with E-state index in [9.17, 15) is 14.9 Å². The van der Waals surface area contributed by atoms with Crippen molar-refractivity contribution in [1.82, 2.24) is 4.90 Å². The van der Waals surface area contributed by atoms with Crippen LogP contribution in [0.2, 0.25) is 0 Å². The summed E-state index contributed by atoms with van der Waals surface area (Å²) in [6.45, 7) is 0.201. The Kier molecular flexibility index (Phi) is 5.47. The molecule has 0 spiro atoms. The lowest BCUT2D eigenvalue weighted by molar-refractivity contribution is -0.385. The lowest BCUT2D eigenvalue weighted by Gasteiger charge is -2.10. The molecule has 0 radical (unpaired) electrons. The van der Waals surface area contributed by atoms with E-state index in [0.717, 1.165) is 0 Å². The number of nitro groups is 1. The molecule has 0 fully saturated rings. The van der Waals surface area contributed by atoms with Crippen LogP contribution >= 0.6 is 0 Å². The number of carbonyl (C=O) groups excluding carboxylic acids is 1. The van der Waals surface area contributed by atoms with Gasteiger partial charge < -0.3 is 9.64 Å². The van der Waals surface area contributed by atoms with E-state index in [4.69, 9.17) is 10.00 Å². The summed E-state index contributed by atoms with van der Waals surface area (Å²) < 4.78 is 5.31. The van der Waals surface area contributed by atoms with E-state index in [1.165, 1.54) is 23.1 Å². The molecule has 0 aliphatic heterocycles. The highest BCUT2D eigenvalue weighted by atomic mass is 16.6. The van der Waals surface area contributed by atoms with E-state index in [-0.39, 0.29) is 29.5 Å². The standard InChI is InChI=1S/C13H15N3O4/c1-15(2)13(17)4-3-7-20-12-6-5-10(9-14)8-11(12)16(18)19/h5-6,8H,3-4,7H2,1-2H3. The molecule has 0 saturated carbocycles. The molecule has 1 aromatic rings. The number of nitriles is 1. The van der Waals surface area contributed by atoms with Gasteiger partial charge in [-0.15, -0.1) is 0 Å². The van der Waals surface area contributed by atoms with Crippen molar-refractivity contribution >= 4 is 11.6 Å². The molecule has 0 heterocycles. The number of amides is 1. The number of carbonyl (C=O) groups is 1. The summed E-state index contributed by atoms with van der Waals surface area (Å²) in [5.74, 6) is 0.0780. The summed E-state index contributed by atoms with van der Waals surface area (Å²) >= 11 is 0. The number of ether oxygens (including phenoxy) is 1. The third-order valence-electron chi connectivity index (χ3n) is 2.58. The van der Waals surface area contributed by atoms with Crippen molar-refractivity contribution in [2.75, 3.05) is 20.7 Å². The largest absolute Gasteiger partial charge is 0.487 e. The van der Waals surface area contributed by atoms with Crippen molar-refractivity contribution in [3.8, 4) is 11.8 Å². The molecule has 0 N–H and O–H groups in total. The van der Waals surface area contributed by atoms with Crippen LogP contribution < -0.4 is 4.74 Å². The van der Waals surface area contributed by atoms with Crippen LogP contribution in [0.5, 0.6) is 5.75 Å². The lowest BCUT2D eigenvalue weighted by atomic mass is 10.2. The highest BCUT2D eigenvalue weighted by molar-refractivity contribution is 5.75. The van der Waals surface area contributed by atoms with Gasteiger partial charge in [-0.2, -0.15) is 5.26 Å². The molecular weight excluding hydrogens is 262 g/mol. The summed E-state index contributed by atoms with van der Waals surface area (Å²) in [5, 5.41) is 19.6. The maximum absolute atomic E-state index is 11.3. The van der Waals surface area contributed by atoms with Crippen molar-refractivity contribution in [2.24, 2.45) is 0 Å².